The van der Waals surface area contributed by atoms with E-state index in [2.05, 4.69) is 15.4 Å². The van der Waals surface area contributed by atoms with Crippen LogP contribution in [0.3, 0.4) is 0 Å². The van der Waals surface area contributed by atoms with Gasteiger partial charge in [0.05, 0.1) is 5.39 Å². The summed E-state index contributed by atoms with van der Waals surface area (Å²) >= 11 is 0. The first-order valence-electron chi connectivity index (χ1n) is 8.89. The molecule has 7 nitrogen and oxygen atoms in total. The van der Waals surface area contributed by atoms with E-state index in [-0.39, 0.29) is 36.3 Å². The SMILES string of the molecule is CNCC1CCN(C(=O)CCc2c(C)nc3c(c2C)c(=O)[nH]n3C)C1.Cl.Cl. The average molecular weight is 418 g/mol. The second kappa shape index (κ2) is 9.57. The quantitative estimate of drug-likeness (QED) is 0.775. The van der Waals surface area contributed by atoms with Gasteiger partial charge in [-0.3, -0.25) is 19.4 Å². The summed E-state index contributed by atoms with van der Waals surface area (Å²) in [6.45, 7) is 6.54. The lowest BCUT2D eigenvalue weighted by Gasteiger charge is -2.17. The predicted molar refractivity (Wildman–Crippen MR) is 112 cm³/mol. The minimum atomic E-state index is -0.121. The Kier molecular flexibility index (Phi) is 8.32. The number of carbonyl (C=O) groups excluding carboxylic acids is 1. The van der Waals surface area contributed by atoms with Crippen molar-refractivity contribution in [2.75, 3.05) is 26.7 Å². The maximum Gasteiger partial charge on any atom is 0.273 e. The van der Waals surface area contributed by atoms with Crippen LogP contribution in [0.25, 0.3) is 11.0 Å². The van der Waals surface area contributed by atoms with Gasteiger partial charge in [0.15, 0.2) is 5.65 Å². The number of rotatable bonds is 5. The molecule has 1 aliphatic heterocycles. The number of nitrogens with zero attached hydrogens (tertiary/aromatic N) is 3. The lowest BCUT2D eigenvalue weighted by Crippen LogP contribution is -2.30. The summed E-state index contributed by atoms with van der Waals surface area (Å²) in [5.41, 5.74) is 3.39. The van der Waals surface area contributed by atoms with Gasteiger partial charge in [-0.25, -0.2) is 4.98 Å². The summed E-state index contributed by atoms with van der Waals surface area (Å²) < 4.78 is 1.65. The molecule has 2 aromatic heterocycles. The standard InChI is InChI=1S/C18H27N5O2.2ClH/c1-11-14(12(2)20-17-16(11)18(25)21-22(17)4)5-6-15(24)23-8-7-13(10-23)9-19-3;;/h13,19H,5-10H2,1-4H3,(H,21,25);2*1H. The summed E-state index contributed by atoms with van der Waals surface area (Å²) in [5, 5.41) is 6.57. The number of nitrogens with one attached hydrogen (secondary N) is 2. The smallest absolute Gasteiger partial charge is 0.273 e. The van der Waals surface area contributed by atoms with E-state index < -0.39 is 0 Å². The van der Waals surface area contributed by atoms with E-state index in [1.54, 1.807) is 11.7 Å². The molecule has 0 radical (unpaired) electrons. The molecule has 27 heavy (non-hydrogen) atoms. The molecule has 1 atom stereocenters. The van der Waals surface area contributed by atoms with E-state index in [1.165, 1.54) is 0 Å². The van der Waals surface area contributed by atoms with Crippen molar-refractivity contribution < 1.29 is 4.79 Å². The first kappa shape index (κ1) is 23.5. The van der Waals surface area contributed by atoms with Crippen LogP contribution in [0, 0.1) is 19.8 Å². The van der Waals surface area contributed by atoms with Gasteiger partial charge in [0.2, 0.25) is 5.91 Å². The molecule has 3 rings (SSSR count). The fourth-order valence-electron chi connectivity index (χ4n) is 3.92. The highest BCUT2D eigenvalue weighted by Crippen LogP contribution is 2.22. The number of halogens is 2. The zero-order valence-corrected chi connectivity index (χ0v) is 17.9. The molecular weight excluding hydrogens is 389 g/mol. The number of H-pyrrole nitrogens is 1. The zero-order chi connectivity index (χ0) is 18.1. The van der Waals surface area contributed by atoms with Crippen molar-refractivity contribution in [3.05, 3.63) is 27.2 Å². The molecule has 9 heteroatoms. The highest BCUT2D eigenvalue weighted by molar-refractivity contribution is 5.85. The topological polar surface area (TPSA) is 83.0 Å². The largest absolute Gasteiger partial charge is 0.342 e. The van der Waals surface area contributed by atoms with Gasteiger partial charge in [-0.2, -0.15) is 0 Å². The number of carbonyl (C=O) groups is 1. The Hall–Kier alpha value is -1.57. The van der Waals surface area contributed by atoms with Crippen LogP contribution < -0.4 is 10.9 Å². The Balaban J connectivity index is 0.00000182. The maximum absolute atomic E-state index is 12.5. The van der Waals surface area contributed by atoms with E-state index >= 15 is 0 Å². The third-order valence-electron chi connectivity index (χ3n) is 5.30. The van der Waals surface area contributed by atoms with Gasteiger partial charge >= 0.3 is 0 Å². The molecule has 1 fully saturated rings. The van der Waals surface area contributed by atoms with Crippen molar-refractivity contribution >= 4 is 41.8 Å². The van der Waals surface area contributed by atoms with Crippen LogP contribution in [0.2, 0.25) is 0 Å². The van der Waals surface area contributed by atoms with E-state index in [9.17, 15) is 9.59 Å². The Morgan fingerprint density at radius 1 is 1.33 bits per heavy atom. The molecule has 0 spiro atoms. The van der Waals surface area contributed by atoms with Crippen LogP contribution in [0.4, 0.5) is 0 Å². The Bertz CT molecular complexity index is 862. The summed E-state index contributed by atoms with van der Waals surface area (Å²) in [6, 6.07) is 0. The second-order valence-electron chi connectivity index (χ2n) is 7.05. The highest BCUT2D eigenvalue weighted by atomic mass is 35.5. The van der Waals surface area contributed by atoms with Gasteiger partial charge in [0.25, 0.3) is 5.56 Å². The number of hydrogen-bond acceptors (Lipinski definition) is 4. The van der Waals surface area contributed by atoms with Gasteiger partial charge in [-0.05, 0) is 57.3 Å². The third kappa shape index (κ3) is 4.65. The van der Waals surface area contributed by atoms with Crippen molar-refractivity contribution in [3.8, 4) is 0 Å². The Morgan fingerprint density at radius 3 is 2.70 bits per heavy atom. The summed E-state index contributed by atoms with van der Waals surface area (Å²) in [6.07, 6.45) is 2.16. The minimum Gasteiger partial charge on any atom is -0.342 e. The number of aromatic nitrogens is 3. The molecule has 0 aliphatic carbocycles. The van der Waals surface area contributed by atoms with Gasteiger partial charge in [-0.1, -0.05) is 0 Å². The van der Waals surface area contributed by atoms with Crippen LogP contribution in [0.1, 0.15) is 29.7 Å². The zero-order valence-electron chi connectivity index (χ0n) is 16.3. The fourth-order valence-corrected chi connectivity index (χ4v) is 3.92. The predicted octanol–water partition coefficient (Wildman–Crippen LogP) is 1.72. The van der Waals surface area contributed by atoms with Crippen LogP contribution in [0.15, 0.2) is 4.79 Å². The molecule has 152 valence electrons. The number of likely N-dealkylation sites (tertiary alicyclic amines) is 1. The number of hydrogen-bond donors (Lipinski definition) is 2. The Labute approximate surface area is 171 Å². The lowest BCUT2D eigenvalue weighted by atomic mass is 10.00. The van der Waals surface area contributed by atoms with E-state index in [0.717, 1.165) is 42.9 Å². The normalized spacial score (nSPS) is 16.3. The number of aryl methyl sites for hydroxylation is 3. The first-order valence-corrected chi connectivity index (χ1v) is 8.89. The molecular formula is C18H29Cl2N5O2. The monoisotopic (exact) mass is 417 g/mol. The van der Waals surface area contributed by atoms with Gasteiger partial charge in [0, 0.05) is 32.3 Å². The molecule has 0 saturated carbocycles. The van der Waals surface area contributed by atoms with Crippen molar-refractivity contribution in [1.82, 2.24) is 25.0 Å². The fraction of sp³-hybridized carbons (Fsp3) is 0.611. The van der Waals surface area contributed by atoms with Gasteiger partial charge in [0.1, 0.15) is 0 Å². The Morgan fingerprint density at radius 2 is 2.04 bits per heavy atom. The van der Waals surface area contributed by atoms with E-state index in [4.69, 9.17) is 0 Å². The molecule has 2 N–H and O–H groups in total. The first-order chi connectivity index (χ1) is 11.9. The molecule has 0 bridgehead atoms. The van der Waals surface area contributed by atoms with Gasteiger partial charge in [-0.15, -0.1) is 24.8 Å². The van der Waals surface area contributed by atoms with Crippen LogP contribution in [-0.2, 0) is 18.3 Å². The van der Waals surface area contributed by atoms with Crippen molar-refractivity contribution in [2.45, 2.75) is 33.1 Å². The number of fused-ring (bicyclic) bond motifs is 1. The lowest BCUT2D eigenvalue weighted by molar-refractivity contribution is -0.130. The number of pyridine rings is 1. The summed E-state index contributed by atoms with van der Waals surface area (Å²) in [4.78, 5) is 31.2. The molecule has 1 saturated heterocycles. The van der Waals surface area contributed by atoms with Gasteiger partial charge < -0.3 is 10.2 Å². The molecule has 3 heterocycles. The van der Waals surface area contributed by atoms with E-state index in [1.807, 2.05) is 25.8 Å². The minimum absolute atomic E-state index is 0. The molecule has 1 amide bonds. The number of amides is 1. The van der Waals surface area contributed by atoms with Crippen molar-refractivity contribution in [2.24, 2.45) is 13.0 Å². The summed E-state index contributed by atoms with van der Waals surface area (Å²) in [7, 11) is 3.73. The van der Waals surface area contributed by atoms with Crippen LogP contribution in [0.5, 0.6) is 0 Å². The second-order valence-corrected chi connectivity index (χ2v) is 7.05. The third-order valence-corrected chi connectivity index (χ3v) is 5.30. The molecule has 0 aromatic carbocycles. The van der Waals surface area contributed by atoms with Crippen LogP contribution in [-0.4, -0.2) is 52.3 Å². The molecule has 2 aromatic rings. The van der Waals surface area contributed by atoms with Crippen molar-refractivity contribution in [1.29, 1.82) is 0 Å². The average Bonchev–Trinajstić information content (AvgIpc) is 3.12. The molecule has 1 aliphatic rings. The van der Waals surface area contributed by atoms with Crippen molar-refractivity contribution in [3.63, 3.8) is 0 Å². The maximum atomic E-state index is 12.5. The van der Waals surface area contributed by atoms with E-state index in [0.29, 0.717) is 29.8 Å². The van der Waals surface area contributed by atoms with Crippen LogP contribution >= 0.6 is 24.8 Å². The number of aromatic amines is 1. The highest BCUT2D eigenvalue weighted by Gasteiger charge is 2.25. The molecule has 1 unspecified atom stereocenters. The summed E-state index contributed by atoms with van der Waals surface area (Å²) in [5.74, 6) is 0.748.